The molecule has 1 unspecified atom stereocenters. The van der Waals surface area contributed by atoms with Gasteiger partial charge in [-0.15, -0.1) is 0 Å². The van der Waals surface area contributed by atoms with E-state index in [2.05, 4.69) is 274 Å². The SMILES string of the molecule is c1ccc(-n2c3ccccc3c3cc(C4=NC(c5ccc(-n6c7ccccc7c7cc8ccccc8cc76)c(-c6ccc7c(c6)oc6ccccc67)c5)=NC(c5ccc6c(c5)c5ccccc5n6-c5ccccc5)N4)ccc32)cc1. The molecule has 7 heteroatoms. The Bertz CT molecular complexity index is 5290. The van der Waals surface area contributed by atoms with Crippen LogP contribution in [-0.4, -0.2) is 25.4 Å². The highest BCUT2D eigenvalue weighted by atomic mass is 16.3. The van der Waals surface area contributed by atoms with Crippen LogP contribution >= 0.6 is 0 Å². The maximum Gasteiger partial charge on any atom is 0.159 e. The van der Waals surface area contributed by atoms with Crippen molar-refractivity contribution < 1.29 is 4.42 Å². The molecule has 0 saturated heterocycles. The van der Waals surface area contributed by atoms with Gasteiger partial charge in [0.1, 0.15) is 23.2 Å². The Morgan fingerprint density at radius 1 is 0.338 bits per heavy atom. The maximum absolute atomic E-state index is 6.61. The first-order chi connectivity index (χ1) is 39.6. The third-order valence-corrected chi connectivity index (χ3v) is 16.5. The molecule has 374 valence electrons. The predicted octanol–water partition coefficient (Wildman–Crippen LogP) is 18.2. The first kappa shape index (κ1) is 44.4. The first-order valence-electron chi connectivity index (χ1n) is 27.2. The predicted molar refractivity (Wildman–Crippen MR) is 332 cm³/mol. The van der Waals surface area contributed by atoms with Crippen molar-refractivity contribution in [1.29, 1.82) is 0 Å². The average Bonchev–Trinajstić information content (AvgIpc) is 4.47. The van der Waals surface area contributed by atoms with E-state index >= 15 is 0 Å². The second kappa shape index (κ2) is 17.4. The molecular formula is C73H46N6O. The van der Waals surface area contributed by atoms with Gasteiger partial charge in [-0.05, 0) is 143 Å². The van der Waals surface area contributed by atoms with E-state index in [1.807, 2.05) is 12.1 Å². The van der Waals surface area contributed by atoms with E-state index in [9.17, 15) is 0 Å². The number of aliphatic imine (C=N–C) groups is 2. The number of aromatic nitrogens is 3. The van der Waals surface area contributed by atoms with Crippen molar-refractivity contribution in [2.75, 3.05) is 0 Å². The molecule has 1 atom stereocenters. The molecule has 12 aromatic carbocycles. The molecule has 16 aromatic rings. The molecule has 0 radical (unpaired) electrons. The van der Waals surface area contributed by atoms with Gasteiger partial charge in [0.2, 0.25) is 0 Å². The molecule has 1 N–H and O–H groups in total. The fourth-order valence-corrected chi connectivity index (χ4v) is 12.8. The van der Waals surface area contributed by atoms with Gasteiger partial charge in [-0.25, -0.2) is 9.98 Å². The Hall–Kier alpha value is -10.8. The highest BCUT2D eigenvalue weighted by Crippen LogP contribution is 2.42. The minimum absolute atomic E-state index is 0.484. The minimum Gasteiger partial charge on any atom is -0.456 e. The van der Waals surface area contributed by atoms with E-state index in [1.54, 1.807) is 0 Å². The van der Waals surface area contributed by atoms with Crippen LogP contribution in [0.3, 0.4) is 0 Å². The molecule has 0 fully saturated rings. The summed E-state index contributed by atoms with van der Waals surface area (Å²) < 4.78 is 13.8. The summed E-state index contributed by atoms with van der Waals surface area (Å²) in [5, 5.41) is 15.5. The van der Waals surface area contributed by atoms with Gasteiger partial charge in [0.25, 0.3) is 0 Å². The lowest BCUT2D eigenvalue weighted by Crippen LogP contribution is -2.33. The molecule has 5 heterocycles. The van der Waals surface area contributed by atoms with Crippen LogP contribution in [0.15, 0.2) is 281 Å². The van der Waals surface area contributed by atoms with Crippen molar-refractivity contribution in [1.82, 2.24) is 19.0 Å². The van der Waals surface area contributed by atoms with Gasteiger partial charge >= 0.3 is 0 Å². The number of benzene rings is 12. The van der Waals surface area contributed by atoms with Crippen molar-refractivity contribution in [3.05, 3.63) is 284 Å². The minimum atomic E-state index is -0.484. The van der Waals surface area contributed by atoms with Crippen molar-refractivity contribution in [2.45, 2.75) is 6.17 Å². The topological polar surface area (TPSA) is 64.7 Å². The van der Waals surface area contributed by atoms with E-state index in [1.165, 1.54) is 32.3 Å². The first-order valence-corrected chi connectivity index (χ1v) is 27.2. The zero-order valence-corrected chi connectivity index (χ0v) is 43.1. The molecule has 0 spiro atoms. The van der Waals surface area contributed by atoms with Crippen molar-refractivity contribution in [2.24, 2.45) is 9.98 Å². The van der Waals surface area contributed by atoms with Crippen molar-refractivity contribution in [3.8, 4) is 28.2 Å². The van der Waals surface area contributed by atoms with Gasteiger partial charge in [-0.1, -0.05) is 146 Å². The Morgan fingerprint density at radius 2 is 0.863 bits per heavy atom. The number of rotatable bonds is 7. The van der Waals surface area contributed by atoms with Crippen LogP contribution in [0, 0.1) is 0 Å². The van der Waals surface area contributed by atoms with Crippen LogP contribution in [0.2, 0.25) is 0 Å². The molecule has 0 amide bonds. The number of fused-ring (bicyclic) bond motifs is 13. The Labute approximate surface area is 458 Å². The average molecular weight is 1020 g/mol. The van der Waals surface area contributed by atoms with Crippen LogP contribution in [0.5, 0.6) is 0 Å². The smallest absolute Gasteiger partial charge is 0.159 e. The Balaban J connectivity index is 0.895. The second-order valence-electron chi connectivity index (χ2n) is 21.0. The second-order valence-corrected chi connectivity index (χ2v) is 21.0. The van der Waals surface area contributed by atoms with Crippen LogP contribution in [0.1, 0.15) is 22.9 Å². The lowest BCUT2D eigenvalue weighted by molar-refractivity contribution is 0.669. The molecule has 0 saturated carbocycles. The molecule has 80 heavy (non-hydrogen) atoms. The highest BCUT2D eigenvalue weighted by molar-refractivity contribution is 6.18. The molecule has 1 aliphatic heterocycles. The number of nitrogens with one attached hydrogen (secondary N) is 1. The zero-order valence-electron chi connectivity index (χ0n) is 43.1. The lowest BCUT2D eigenvalue weighted by atomic mass is 9.98. The van der Waals surface area contributed by atoms with E-state index in [4.69, 9.17) is 14.4 Å². The quantitative estimate of drug-likeness (QED) is 0.173. The number of furan rings is 1. The van der Waals surface area contributed by atoms with Crippen molar-refractivity contribution >= 4 is 110 Å². The Morgan fingerprint density at radius 3 is 1.56 bits per heavy atom. The monoisotopic (exact) mass is 1020 g/mol. The molecular weight excluding hydrogens is 977 g/mol. The van der Waals surface area contributed by atoms with Crippen LogP contribution in [0.25, 0.3) is 126 Å². The number of para-hydroxylation sites is 6. The van der Waals surface area contributed by atoms with E-state index in [0.717, 1.165) is 117 Å². The summed E-state index contributed by atoms with van der Waals surface area (Å²) in [5.74, 6) is 1.38. The van der Waals surface area contributed by atoms with E-state index in [0.29, 0.717) is 5.84 Å². The number of hydrogen-bond donors (Lipinski definition) is 1. The highest BCUT2D eigenvalue weighted by Gasteiger charge is 2.26. The molecule has 4 aromatic heterocycles. The summed E-state index contributed by atoms with van der Waals surface area (Å²) in [5.41, 5.74) is 16.8. The molecule has 0 aliphatic carbocycles. The fourth-order valence-electron chi connectivity index (χ4n) is 12.8. The standard InChI is InChI=1S/C73H46N6O/c1-3-19-51(20-4-1)77-62-27-13-9-23-53(62)59-41-49(33-37-66(59)77)72-74-71(75-73(76-72)50-34-38-67-60(42-50)54-24-10-14-28-63(54)78(67)52-21-5-2-6-22-52)48-32-36-65(58(40-48)47-31-35-57-56-26-12-16-30-69(56)80-70(57)44-47)79-64-29-15-11-25-55(64)61-39-45-17-7-8-18-46(45)43-68(61)79/h1-44,72H,(H,74,75,76). The maximum atomic E-state index is 6.61. The van der Waals surface area contributed by atoms with Gasteiger partial charge in [-0.3, -0.25) is 0 Å². The van der Waals surface area contributed by atoms with E-state index < -0.39 is 6.17 Å². The van der Waals surface area contributed by atoms with Gasteiger partial charge < -0.3 is 23.4 Å². The van der Waals surface area contributed by atoms with Gasteiger partial charge in [0.15, 0.2) is 5.84 Å². The Kier molecular flexibility index (Phi) is 9.64. The summed E-state index contributed by atoms with van der Waals surface area (Å²) in [4.78, 5) is 11.2. The van der Waals surface area contributed by atoms with Crippen molar-refractivity contribution in [3.63, 3.8) is 0 Å². The molecule has 17 rings (SSSR count). The van der Waals surface area contributed by atoms with Crippen LogP contribution < -0.4 is 5.32 Å². The fraction of sp³-hybridized carbons (Fsp3) is 0.0137. The van der Waals surface area contributed by atoms with Crippen LogP contribution in [-0.2, 0) is 0 Å². The molecule has 1 aliphatic rings. The molecule has 0 bridgehead atoms. The van der Waals surface area contributed by atoms with Crippen LogP contribution in [0.4, 0.5) is 0 Å². The van der Waals surface area contributed by atoms with Gasteiger partial charge in [0.05, 0.1) is 38.8 Å². The largest absolute Gasteiger partial charge is 0.456 e. The lowest BCUT2D eigenvalue weighted by Gasteiger charge is -2.24. The van der Waals surface area contributed by atoms with Gasteiger partial charge in [-0.2, -0.15) is 0 Å². The number of hydrogen-bond acceptors (Lipinski definition) is 4. The summed E-state index contributed by atoms with van der Waals surface area (Å²) in [6.45, 7) is 0. The summed E-state index contributed by atoms with van der Waals surface area (Å²) >= 11 is 0. The zero-order chi connectivity index (χ0) is 52.4. The number of amidine groups is 2. The summed E-state index contributed by atoms with van der Waals surface area (Å²) in [7, 11) is 0. The summed E-state index contributed by atoms with van der Waals surface area (Å²) in [6, 6.07) is 95.9. The summed E-state index contributed by atoms with van der Waals surface area (Å²) in [6.07, 6.45) is -0.484. The normalized spacial score (nSPS) is 13.9. The number of nitrogens with zero attached hydrogens (tertiary/aromatic N) is 5. The molecule has 7 nitrogen and oxygen atoms in total. The van der Waals surface area contributed by atoms with Gasteiger partial charge in [0, 0.05) is 71.2 Å². The third kappa shape index (κ3) is 6.80. The third-order valence-electron chi connectivity index (χ3n) is 16.5. The van der Waals surface area contributed by atoms with E-state index in [-0.39, 0.29) is 0 Å².